The molecule has 0 aliphatic carbocycles. The molecule has 0 unspecified atom stereocenters. The second kappa shape index (κ2) is 15.5. The van der Waals surface area contributed by atoms with E-state index in [0.29, 0.717) is 44.8 Å². The maximum atomic E-state index is 15.0. The molecular formula is C45H45F3N10. The van der Waals surface area contributed by atoms with E-state index in [9.17, 15) is 8.78 Å². The number of halogens is 3. The zero-order chi connectivity index (χ0) is 40.1. The lowest BCUT2D eigenvalue weighted by atomic mass is 9.92. The minimum Gasteiger partial charge on any atom is -0.320 e. The van der Waals surface area contributed by atoms with E-state index in [1.54, 1.807) is 35.9 Å². The van der Waals surface area contributed by atoms with E-state index < -0.39 is 5.82 Å². The number of aryl methyl sites for hydroxylation is 3. The van der Waals surface area contributed by atoms with Crippen molar-refractivity contribution in [3.8, 4) is 22.3 Å². The van der Waals surface area contributed by atoms with Gasteiger partial charge in [0.1, 0.15) is 11.6 Å². The molecule has 10 nitrogen and oxygen atoms in total. The lowest BCUT2D eigenvalue weighted by Gasteiger charge is -2.30. The van der Waals surface area contributed by atoms with Gasteiger partial charge < -0.3 is 19.0 Å². The average molecular weight is 783 g/mol. The molecule has 0 spiro atoms. The highest BCUT2D eigenvalue weighted by molar-refractivity contribution is 5.86. The zero-order valence-electron chi connectivity index (χ0n) is 33.1. The van der Waals surface area contributed by atoms with Crippen LogP contribution >= 0.6 is 0 Å². The van der Waals surface area contributed by atoms with E-state index in [4.69, 9.17) is 0 Å². The molecule has 0 amide bonds. The maximum absolute atomic E-state index is 15.0. The van der Waals surface area contributed by atoms with Gasteiger partial charge in [-0.2, -0.15) is 20.4 Å². The minimum atomic E-state index is -0.444. The van der Waals surface area contributed by atoms with Gasteiger partial charge in [0.15, 0.2) is 11.5 Å². The molecule has 296 valence electrons. The first kappa shape index (κ1) is 37.8. The van der Waals surface area contributed by atoms with Gasteiger partial charge >= 0.3 is 0 Å². The van der Waals surface area contributed by atoms with Crippen LogP contribution in [0.15, 0.2) is 73.3 Å². The molecule has 1 N–H and O–H groups in total. The van der Waals surface area contributed by atoms with Crippen LogP contribution < -0.4 is 5.32 Å². The van der Waals surface area contributed by atoms with Gasteiger partial charge in [-0.1, -0.05) is 6.92 Å². The van der Waals surface area contributed by atoms with Crippen molar-refractivity contribution in [1.29, 1.82) is 0 Å². The van der Waals surface area contributed by atoms with Crippen LogP contribution in [0, 0.1) is 38.2 Å². The van der Waals surface area contributed by atoms with Crippen LogP contribution in [0.3, 0.4) is 0 Å². The number of fused-ring (bicyclic) bond motifs is 4. The number of imidazole rings is 1. The molecule has 8 aromatic rings. The highest BCUT2D eigenvalue weighted by Gasteiger charge is 2.23. The van der Waals surface area contributed by atoms with Gasteiger partial charge in [-0.05, 0) is 139 Å². The molecule has 2 aliphatic rings. The molecule has 8 heterocycles. The summed E-state index contributed by atoms with van der Waals surface area (Å²) in [7, 11) is 0. The van der Waals surface area contributed by atoms with Crippen molar-refractivity contribution in [2.24, 2.45) is 0 Å². The Labute approximate surface area is 334 Å². The van der Waals surface area contributed by atoms with Crippen molar-refractivity contribution in [3.05, 3.63) is 119 Å². The lowest BCUT2D eigenvalue weighted by Crippen LogP contribution is -2.32. The number of likely N-dealkylation sites (tertiary alicyclic amines) is 1. The molecule has 0 atom stereocenters. The number of hydrogen-bond acceptors (Lipinski definition) is 8. The zero-order valence-corrected chi connectivity index (χ0v) is 33.1. The number of hydrogen-bond donors (Lipinski definition) is 1. The van der Waals surface area contributed by atoms with Gasteiger partial charge in [0.25, 0.3) is 0 Å². The predicted octanol–water partition coefficient (Wildman–Crippen LogP) is 8.90. The van der Waals surface area contributed by atoms with Crippen LogP contribution in [0.25, 0.3) is 55.2 Å². The summed E-state index contributed by atoms with van der Waals surface area (Å²) >= 11 is 0. The molecule has 2 aliphatic heterocycles. The lowest BCUT2D eigenvalue weighted by molar-refractivity contribution is 0.220. The van der Waals surface area contributed by atoms with Crippen LogP contribution in [0.2, 0.25) is 0 Å². The third-order valence-corrected chi connectivity index (χ3v) is 11.7. The van der Waals surface area contributed by atoms with Gasteiger partial charge in [-0.25, -0.2) is 18.2 Å². The second-order valence-corrected chi connectivity index (χ2v) is 15.7. The standard InChI is InChI=1S/C23H23F2N5.C22H22FN5/c1-3-29-6-4-15(5-7-29)21-11-18-19(24)8-16(10-22(18)28-27-21)17-9-20(25)23-26-14(2)12-30(23)13-17;1-13-11-28-12-17(9-22(28)14(2)25-13)16-7-19(23)18-10-20(26-27-21(18)8-16)15-3-5-24-6-4-15/h8-13,15H,3-7H2,1-2H3;7-12,15,24H,3-6H2,1-2H3. The van der Waals surface area contributed by atoms with Gasteiger partial charge in [-0.15, -0.1) is 0 Å². The predicted molar refractivity (Wildman–Crippen MR) is 220 cm³/mol. The van der Waals surface area contributed by atoms with Crippen LogP contribution in [-0.2, 0) is 0 Å². The first-order valence-corrected chi connectivity index (χ1v) is 20.1. The van der Waals surface area contributed by atoms with E-state index in [2.05, 4.69) is 47.5 Å². The molecule has 0 saturated carbocycles. The van der Waals surface area contributed by atoms with E-state index in [-0.39, 0.29) is 17.3 Å². The molecule has 13 heteroatoms. The number of benzene rings is 2. The summed E-state index contributed by atoms with van der Waals surface area (Å²) < 4.78 is 48.1. The number of rotatable bonds is 5. The number of nitrogens with zero attached hydrogens (tertiary/aromatic N) is 9. The number of piperidine rings is 2. The molecular weight excluding hydrogens is 738 g/mol. The minimum absolute atomic E-state index is 0.251. The Bertz CT molecular complexity index is 2820. The SMILES string of the molecule is CCN1CCC(c2cc3c(F)cc(-c4cc(F)c5nc(C)cn5c4)cc3nn2)CC1.Cc1cn2cc(-c3cc(F)c4cc(C5CCNCC5)nnc4c3)cc2c(C)n1. The summed E-state index contributed by atoms with van der Waals surface area (Å²) in [6, 6.07) is 13.9. The van der Waals surface area contributed by atoms with Crippen molar-refractivity contribution < 1.29 is 13.2 Å². The van der Waals surface area contributed by atoms with E-state index in [0.717, 1.165) is 104 Å². The highest BCUT2D eigenvalue weighted by atomic mass is 19.1. The topological polar surface area (TPSA) is 101 Å². The third-order valence-electron chi connectivity index (χ3n) is 11.7. The molecule has 0 radical (unpaired) electrons. The van der Waals surface area contributed by atoms with Crippen molar-refractivity contribution in [3.63, 3.8) is 0 Å². The molecule has 0 bridgehead atoms. The van der Waals surface area contributed by atoms with E-state index in [1.807, 2.05) is 54.9 Å². The first-order chi connectivity index (χ1) is 28.1. The molecule has 2 aromatic carbocycles. The van der Waals surface area contributed by atoms with Gasteiger partial charge in [0.05, 0.1) is 45.0 Å². The fourth-order valence-electron chi connectivity index (χ4n) is 8.55. The van der Waals surface area contributed by atoms with Gasteiger partial charge in [-0.3, -0.25) is 4.98 Å². The highest BCUT2D eigenvalue weighted by Crippen LogP contribution is 2.33. The summed E-state index contributed by atoms with van der Waals surface area (Å²) in [4.78, 5) is 11.1. The molecule has 58 heavy (non-hydrogen) atoms. The normalized spacial score (nSPS) is 15.8. The second-order valence-electron chi connectivity index (χ2n) is 15.7. The van der Waals surface area contributed by atoms with Crippen LogP contribution in [-0.4, -0.2) is 76.8 Å². The monoisotopic (exact) mass is 782 g/mol. The van der Waals surface area contributed by atoms with Gasteiger partial charge in [0.2, 0.25) is 0 Å². The largest absolute Gasteiger partial charge is 0.320 e. The number of aromatic nitrogens is 8. The summed E-state index contributed by atoms with van der Waals surface area (Å²) in [5.74, 6) is -0.399. The van der Waals surface area contributed by atoms with Crippen LogP contribution in [0.5, 0.6) is 0 Å². The Balaban J connectivity index is 0.000000151. The maximum Gasteiger partial charge on any atom is 0.173 e. The van der Waals surface area contributed by atoms with Crippen LogP contribution in [0.4, 0.5) is 13.2 Å². The fraction of sp³-hybridized carbons (Fsp3) is 0.333. The summed E-state index contributed by atoms with van der Waals surface area (Å²) in [6.45, 7) is 13.0. The number of pyridine rings is 1. The average Bonchev–Trinajstić information content (AvgIpc) is 3.85. The van der Waals surface area contributed by atoms with Crippen molar-refractivity contribution in [1.82, 2.24) is 49.4 Å². The number of nitrogens with one attached hydrogen (secondary N) is 1. The quantitative estimate of drug-likeness (QED) is 0.185. The van der Waals surface area contributed by atoms with Crippen molar-refractivity contribution in [2.75, 3.05) is 32.7 Å². The van der Waals surface area contributed by atoms with Crippen molar-refractivity contribution >= 4 is 33.0 Å². The summed E-state index contributed by atoms with van der Waals surface area (Å²) in [5, 5.41) is 21.8. The Hall–Kier alpha value is -5.79. The first-order valence-electron chi connectivity index (χ1n) is 20.1. The van der Waals surface area contributed by atoms with E-state index in [1.165, 1.54) is 12.1 Å². The Morgan fingerprint density at radius 1 is 0.586 bits per heavy atom. The summed E-state index contributed by atoms with van der Waals surface area (Å²) in [5.41, 5.74) is 9.60. The molecule has 10 rings (SSSR count). The Morgan fingerprint density at radius 2 is 1.12 bits per heavy atom. The van der Waals surface area contributed by atoms with Crippen molar-refractivity contribution in [2.45, 2.75) is 65.2 Å². The van der Waals surface area contributed by atoms with E-state index >= 15 is 4.39 Å². The van der Waals surface area contributed by atoms with Crippen LogP contribution in [0.1, 0.15) is 72.9 Å². The molecule has 2 fully saturated rings. The smallest absolute Gasteiger partial charge is 0.173 e. The molecule has 6 aromatic heterocycles. The summed E-state index contributed by atoms with van der Waals surface area (Å²) in [6.07, 6.45) is 11.5. The molecule has 2 saturated heterocycles. The Kier molecular flexibility index (Phi) is 10.1. The Morgan fingerprint density at radius 3 is 1.74 bits per heavy atom. The third kappa shape index (κ3) is 7.40. The fourth-order valence-corrected chi connectivity index (χ4v) is 8.55. The van der Waals surface area contributed by atoms with Gasteiger partial charge in [0, 0.05) is 58.5 Å².